The Balaban J connectivity index is 1.49. The topological polar surface area (TPSA) is 18.5 Å². The molecule has 4 rings (SSSR count). The van der Waals surface area contributed by atoms with Crippen molar-refractivity contribution in [1.29, 1.82) is 0 Å². The van der Waals surface area contributed by atoms with Gasteiger partial charge in [-0.2, -0.15) is 4.39 Å². The summed E-state index contributed by atoms with van der Waals surface area (Å²) in [6.45, 7) is 4.52. The van der Waals surface area contributed by atoms with Crippen LogP contribution in [0.1, 0.15) is 57.4 Å². The molecule has 0 radical (unpaired) electrons. The molecular weight excluding hydrogens is 480 g/mol. The molecule has 37 heavy (non-hydrogen) atoms. The van der Waals surface area contributed by atoms with Crippen LogP contribution in [0.15, 0.2) is 60.7 Å². The van der Waals surface area contributed by atoms with E-state index in [1.165, 1.54) is 12.1 Å². The van der Waals surface area contributed by atoms with Crippen molar-refractivity contribution in [2.45, 2.75) is 58.0 Å². The van der Waals surface area contributed by atoms with E-state index >= 15 is 8.78 Å². The highest BCUT2D eigenvalue weighted by Gasteiger charge is 2.27. The summed E-state index contributed by atoms with van der Waals surface area (Å²) >= 11 is 0. The Bertz CT molecular complexity index is 1230. The summed E-state index contributed by atoms with van der Waals surface area (Å²) in [6.07, 6.45) is 8.37. The fraction of sp³-hybridized carbons (Fsp3) is 0.355. The zero-order valence-corrected chi connectivity index (χ0v) is 21.2. The molecular formula is C31H32F4O2. The van der Waals surface area contributed by atoms with Gasteiger partial charge in [0, 0.05) is 17.0 Å². The third-order valence-corrected chi connectivity index (χ3v) is 6.83. The van der Waals surface area contributed by atoms with Crippen LogP contribution in [-0.4, -0.2) is 19.3 Å². The lowest BCUT2D eigenvalue weighted by atomic mass is 9.88. The Hall–Kier alpha value is -3.12. The molecule has 196 valence electrons. The van der Waals surface area contributed by atoms with Gasteiger partial charge in [-0.25, -0.2) is 13.2 Å². The van der Waals surface area contributed by atoms with E-state index in [2.05, 4.69) is 6.08 Å². The van der Waals surface area contributed by atoms with Crippen molar-refractivity contribution >= 4 is 0 Å². The standard InChI is InChI=1S/C31H32F4O2/c1-3-5-6-7-23-13-12-22(19-37-23)26-15-14-24(28(32)29(26)33)20-8-10-21(11-9-20)25-16-17-27(36-18-4-2)31(35)30(25)34/h3,5,8-11,14-17,22-23H,4,6-7,12-13,18-19H2,1-2H3/b5-3+. The van der Waals surface area contributed by atoms with E-state index in [0.29, 0.717) is 29.7 Å². The van der Waals surface area contributed by atoms with E-state index in [1.54, 1.807) is 36.4 Å². The van der Waals surface area contributed by atoms with E-state index < -0.39 is 23.3 Å². The molecule has 3 aromatic carbocycles. The van der Waals surface area contributed by atoms with Gasteiger partial charge in [-0.1, -0.05) is 55.5 Å². The van der Waals surface area contributed by atoms with Crippen molar-refractivity contribution in [1.82, 2.24) is 0 Å². The molecule has 1 fully saturated rings. The van der Waals surface area contributed by atoms with Crippen molar-refractivity contribution in [3.05, 3.63) is 89.5 Å². The molecule has 0 N–H and O–H groups in total. The predicted octanol–water partition coefficient (Wildman–Crippen LogP) is 8.98. The second-order valence-corrected chi connectivity index (χ2v) is 9.37. The molecule has 2 atom stereocenters. The molecule has 2 nitrogen and oxygen atoms in total. The van der Waals surface area contributed by atoms with E-state index in [-0.39, 0.29) is 35.5 Å². The monoisotopic (exact) mass is 512 g/mol. The molecule has 0 spiro atoms. The van der Waals surface area contributed by atoms with Crippen LogP contribution in [0.5, 0.6) is 5.75 Å². The molecule has 0 aliphatic carbocycles. The highest BCUT2D eigenvalue weighted by molar-refractivity contribution is 5.72. The zero-order valence-electron chi connectivity index (χ0n) is 21.2. The Morgan fingerprint density at radius 1 is 0.838 bits per heavy atom. The maximum Gasteiger partial charge on any atom is 0.201 e. The third kappa shape index (κ3) is 6.07. The number of rotatable bonds is 9. The first-order valence-electron chi connectivity index (χ1n) is 12.9. The molecule has 0 saturated carbocycles. The second-order valence-electron chi connectivity index (χ2n) is 9.37. The molecule has 0 aromatic heterocycles. The van der Waals surface area contributed by atoms with E-state index in [9.17, 15) is 8.78 Å². The number of halogens is 4. The molecule has 0 bridgehead atoms. The fourth-order valence-corrected chi connectivity index (χ4v) is 4.74. The van der Waals surface area contributed by atoms with Gasteiger partial charge in [0.15, 0.2) is 23.2 Å². The summed E-state index contributed by atoms with van der Waals surface area (Å²) in [7, 11) is 0. The highest BCUT2D eigenvalue weighted by atomic mass is 19.2. The summed E-state index contributed by atoms with van der Waals surface area (Å²) in [6, 6.07) is 12.3. The molecule has 1 saturated heterocycles. The Morgan fingerprint density at radius 3 is 2.08 bits per heavy atom. The maximum atomic E-state index is 15.1. The minimum Gasteiger partial charge on any atom is -0.490 e. The average Bonchev–Trinajstić information content (AvgIpc) is 2.92. The first-order chi connectivity index (χ1) is 17.9. The van der Waals surface area contributed by atoms with Gasteiger partial charge in [-0.15, -0.1) is 0 Å². The van der Waals surface area contributed by atoms with Gasteiger partial charge < -0.3 is 9.47 Å². The van der Waals surface area contributed by atoms with Crippen LogP contribution in [0.3, 0.4) is 0 Å². The van der Waals surface area contributed by atoms with E-state index in [0.717, 1.165) is 25.7 Å². The first kappa shape index (κ1) is 26.9. The van der Waals surface area contributed by atoms with Crippen LogP contribution in [0.25, 0.3) is 22.3 Å². The maximum absolute atomic E-state index is 15.1. The SMILES string of the molecule is C/C=C/CCC1CCC(c2ccc(-c3ccc(-c4ccc(OCCC)c(F)c4F)cc3)c(F)c2F)CO1. The molecule has 3 aromatic rings. The van der Waals surface area contributed by atoms with Crippen molar-refractivity contribution in [3.63, 3.8) is 0 Å². The summed E-state index contributed by atoms with van der Waals surface area (Å²) in [4.78, 5) is 0. The zero-order chi connectivity index (χ0) is 26.4. The summed E-state index contributed by atoms with van der Waals surface area (Å²) in [5.41, 5.74) is 1.37. The minimum atomic E-state index is -1.05. The summed E-state index contributed by atoms with van der Waals surface area (Å²) in [5, 5.41) is 0. The van der Waals surface area contributed by atoms with Crippen molar-refractivity contribution in [3.8, 4) is 28.0 Å². The Labute approximate surface area is 215 Å². The fourth-order valence-electron chi connectivity index (χ4n) is 4.74. The largest absolute Gasteiger partial charge is 0.490 e. The number of hydrogen-bond acceptors (Lipinski definition) is 2. The van der Waals surface area contributed by atoms with E-state index in [4.69, 9.17) is 9.47 Å². The van der Waals surface area contributed by atoms with Gasteiger partial charge in [-0.3, -0.25) is 0 Å². The lowest BCUT2D eigenvalue weighted by molar-refractivity contribution is -0.000894. The lowest BCUT2D eigenvalue weighted by Crippen LogP contribution is -2.25. The van der Waals surface area contributed by atoms with Gasteiger partial charge in [0.25, 0.3) is 0 Å². The van der Waals surface area contributed by atoms with Gasteiger partial charge in [0.05, 0.1) is 19.3 Å². The van der Waals surface area contributed by atoms with Gasteiger partial charge >= 0.3 is 0 Å². The van der Waals surface area contributed by atoms with Crippen LogP contribution in [-0.2, 0) is 4.74 Å². The lowest BCUT2D eigenvalue weighted by Gasteiger charge is -2.29. The molecule has 6 heteroatoms. The van der Waals surface area contributed by atoms with Crippen LogP contribution in [0.4, 0.5) is 17.6 Å². The van der Waals surface area contributed by atoms with Crippen LogP contribution in [0, 0.1) is 23.3 Å². The highest BCUT2D eigenvalue weighted by Crippen LogP contribution is 2.36. The van der Waals surface area contributed by atoms with Crippen LogP contribution in [0.2, 0.25) is 0 Å². The normalized spacial score (nSPS) is 17.9. The number of benzene rings is 3. The van der Waals surface area contributed by atoms with Gasteiger partial charge in [0.2, 0.25) is 5.82 Å². The van der Waals surface area contributed by atoms with Crippen LogP contribution >= 0.6 is 0 Å². The summed E-state index contributed by atoms with van der Waals surface area (Å²) in [5.74, 6) is -4.17. The number of allylic oxidation sites excluding steroid dienone is 2. The third-order valence-electron chi connectivity index (χ3n) is 6.83. The average molecular weight is 513 g/mol. The molecule has 0 amide bonds. The van der Waals surface area contributed by atoms with Crippen molar-refractivity contribution in [2.75, 3.05) is 13.2 Å². The molecule has 1 heterocycles. The second kappa shape index (κ2) is 12.4. The van der Waals surface area contributed by atoms with Crippen LogP contribution < -0.4 is 4.74 Å². The quantitative estimate of drug-likeness (QED) is 0.210. The molecule has 2 unspecified atom stereocenters. The molecule has 1 aliphatic heterocycles. The summed E-state index contributed by atoms with van der Waals surface area (Å²) < 4.78 is 70.4. The minimum absolute atomic E-state index is 0.0659. The number of hydrogen-bond donors (Lipinski definition) is 0. The number of ether oxygens (including phenoxy) is 2. The molecule has 1 aliphatic rings. The first-order valence-corrected chi connectivity index (χ1v) is 12.9. The van der Waals surface area contributed by atoms with E-state index in [1.807, 2.05) is 19.9 Å². The van der Waals surface area contributed by atoms with Gasteiger partial charge in [0.1, 0.15) is 0 Å². The Morgan fingerprint density at radius 2 is 1.49 bits per heavy atom. The smallest absolute Gasteiger partial charge is 0.201 e. The van der Waals surface area contributed by atoms with Gasteiger partial charge in [-0.05, 0) is 67.9 Å². The predicted molar refractivity (Wildman–Crippen MR) is 139 cm³/mol. The Kier molecular flexibility index (Phi) is 9.04. The van der Waals surface area contributed by atoms with Crippen molar-refractivity contribution < 1.29 is 27.0 Å². The van der Waals surface area contributed by atoms with Crippen molar-refractivity contribution in [2.24, 2.45) is 0 Å².